The molecule has 2 unspecified atom stereocenters. The number of hydrogen-bond acceptors (Lipinski definition) is 4. The molecule has 13 heavy (non-hydrogen) atoms. The van der Waals surface area contributed by atoms with Crippen LogP contribution in [0.5, 0.6) is 0 Å². The van der Waals surface area contributed by atoms with Crippen molar-refractivity contribution in [3.8, 4) is 0 Å². The van der Waals surface area contributed by atoms with E-state index in [1.807, 2.05) is 6.92 Å². The molecule has 0 radical (unpaired) electrons. The molecular formula is C9H13N3S. The Bertz CT molecular complexity index is 336. The molecule has 2 aliphatic rings. The van der Waals surface area contributed by atoms with E-state index in [2.05, 4.69) is 9.36 Å². The van der Waals surface area contributed by atoms with Crippen LogP contribution in [0.1, 0.15) is 30.1 Å². The van der Waals surface area contributed by atoms with Crippen LogP contribution in [0, 0.1) is 18.8 Å². The molecule has 2 atom stereocenters. The van der Waals surface area contributed by atoms with Crippen molar-refractivity contribution in [2.45, 2.75) is 31.7 Å². The van der Waals surface area contributed by atoms with Gasteiger partial charge >= 0.3 is 0 Å². The van der Waals surface area contributed by atoms with Gasteiger partial charge in [-0.15, -0.1) is 0 Å². The molecule has 0 amide bonds. The van der Waals surface area contributed by atoms with Gasteiger partial charge in [0, 0.05) is 0 Å². The Labute approximate surface area is 81.5 Å². The first-order valence-corrected chi connectivity index (χ1v) is 5.54. The monoisotopic (exact) mass is 195 g/mol. The maximum Gasteiger partial charge on any atom is 0.139 e. The highest BCUT2D eigenvalue weighted by Crippen LogP contribution is 2.58. The Balaban J connectivity index is 1.91. The van der Waals surface area contributed by atoms with Crippen LogP contribution in [0.4, 0.5) is 0 Å². The van der Waals surface area contributed by atoms with Crippen molar-refractivity contribution < 1.29 is 0 Å². The molecule has 2 N–H and O–H groups in total. The van der Waals surface area contributed by atoms with Crippen molar-refractivity contribution in [2.75, 3.05) is 0 Å². The fraction of sp³-hybridized carbons (Fsp3) is 0.778. The first-order valence-electron chi connectivity index (χ1n) is 4.77. The van der Waals surface area contributed by atoms with Crippen LogP contribution in [-0.4, -0.2) is 9.36 Å². The molecule has 3 nitrogen and oxygen atoms in total. The maximum absolute atomic E-state index is 6.32. The Morgan fingerprint density at radius 1 is 1.46 bits per heavy atom. The molecular weight excluding hydrogens is 182 g/mol. The van der Waals surface area contributed by atoms with Crippen LogP contribution in [-0.2, 0) is 5.54 Å². The van der Waals surface area contributed by atoms with Gasteiger partial charge in [0.25, 0.3) is 0 Å². The second-order valence-corrected chi connectivity index (χ2v) is 5.22. The van der Waals surface area contributed by atoms with E-state index >= 15 is 0 Å². The molecule has 2 fully saturated rings. The molecule has 0 bridgehead atoms. The Morgan fingerprint density at radius 3 is 2.69 bits per heavy atom. The minimum Gasteiger partial charge on any atom is -0.319 e. The average molecular weight is 195 g/mol. The summed E-state index contributed by atoms with van der Waals surface area (Å²) in [6.45, 7) is 1.93. The summed E-state index contributed by atoms with van der Waals surface area (Å²) >= 11 is 1.48. The molecule has 2 saturated carbocycles. The Hall–Kier alpha value is -0.480. The number of fused-ring (bicyclic) bond motifs is 1. The zero-order valence-corrected chi connectivity index (χ0v) is 8.47. The third kappa shape index (κ3) is 1.12. The summed E-state index contributed by atoms with van der Waals surface area (Å²) in [7, 11) is 0. The minimum atomic E-state index is -0.125. The van der Waals surface area contributed by atoms with Crippen molar-refractivity contribution in [1.82, 2.24) is 9.36 Å². The highest BCUT2D eigenvalue weighted by atomic mass is 32.1. The topological polar surface area (TPSA) is 51.8 Å². The van der Waals surface area contributed by atoms with E-state index in [1.54, 1.807) is 0 Å². The molecule has 0 aliphatic heterocycles. The lowest BCUT2D eigenvalue weighted by molar-refractivity contribution is 0.408. The summed E-state index contributed by atoms with van der Waals surface area (Å²) < 4.78 is 4.20. The minimum absolute atomic E-state index is 0.125. The van der Waals surface area contributed by atoms with Gasteiger partial charge in [-0.25, -0.2) is 4.98 Å². The molecule has 1 aromatic rings. The van der Waals surface area contributed by atoms with E-state index < -0.39 is 0 Å². The molecule has 1 aromatic heterocycles. The van der Waals surface area contributed by atoms with Crippen LogP contribution in [0.25, 0.3) is 0 Å². The highest BCUT2D eigenvalue weighted by molar-refractivity contribution is 7.05. The number of rotatable bonds is 1. The van der Waals surface area contributed by atoms with Gasteiger partial charge in [0.05, 0.1) is 5.54 Å². The predicted molar refractivity (Wildman–Crippen MR) is 51.3 cm³/mol. The second kappa shape index (κ2) is 2.30. The standard InChI is InChI=1S/C9H13N3S/c1-5-11-8(13-12-5)9(10)3-6-2-7(6)4-9/h6-7H,2-4,10H2,1H3. The van der Waals surface area contributed by atoms with Gasteiger partial charge in [0.2, 0.25) is 0 Å². The molecule has 2 aliphatic carbocycles. The van der Waals surface area contributed by atoms with Crippen molar-refractivity contribution in [1.29, 1.82) is 0 Å². The first-order chi connectivity index (χ1) is 6.17. The van der Waals surface area contributed by atoms with Crippen LogP contribution in [0.15, 0.2) is 0 Å². The average Bonchev–Trinajstić information content (AvgIpc) is 2.54. The largest absolute Gasteiger partial charge is 0.319 e. The van der Waals surface area contributed by atoms with Gasteiger partial charge in [-0.3, -0.25) is 0 Å². The molecule has 0 spiro atoms. The smallest absolute Gasteiger partial charge is 0.139 e. The van der Waals surface area contributed by atoms with Gasteiger partial charge in [-0.1, -0.05) is 0 Å². The summed E-state index contributed by atoms with van der Waals surface area (Å²) in [5.74, 6) is 2.66. The zero-order valence-electron chi connectivity index (χ0n) is 7.66. The van der Waals surface area contributed by atoms with Crippen LogP contribution >= 0.6 is 11.5 Å². The predicted octanol–water partition coefficient (Wildman–Crippen LogP) is 1.43. The van der Waals surface area contributed by atoms with E-state index in [4.69, 9.17) is 5.73 Å². The fourth-order valence-electron chi connectivity index (χ4n) is 2.50. The van der Waals surface area contributed by atoms with E-state index in [0.29, 0.717) is 0 Å². The van der Waals surface area contributed by atoms with Crippen LogP contribution < -0.4 is 5.73 Å². The summed E-state index contributed by atoms with van der Waals surface area (Å²) in [4.78, 5) is 4.40. The molecule has 4 heteroatoms. The molecule has 0 saturated heterocycles. The van der Waals surface area contributed by atoms with Gasteiger partial charge < -0.3 is 5.73 Å². The maximum atomic E-state index is 6.32. The highest BCUT2D eigenvalue weighted by Gasteiger charge is 2.54. The molecule has 1 heterocycles. The van der Waals surface area contributed by atoms with Crippen LogP contribution in [0.3, 0.4) is 0 Å². The van der Waals surface area contributed by atoms with Crippen molar-refractivity contribution in [2.24, 2.45) is 17.6 Å². The van der Waals surface area contributed by atoms with Gasteiger partial charge in [-0.2, -0.15) is 4.37 Å². The SMILES string of the molecule is Cc1nsc(C2(N)CC3CC3C2)n1. The van der Waals surface area contributed by atoms with Gasteiger partial charge in [0.15, 0.2) is 0 Å². The Kier molecular flexibility index (Phi) is 1.40. The zero-order chi connectivity index (χ0) is 9.05. The third-order valence-electron chi connectivity index (χ3n) is 3.28. The van der Waals surface area contributed by atoms with Gasteiger partial charge in [-0.05, 0) is 49.6 Å². The fourth-order valence-corrected chi connectivity index (χ4v) is 3.28. The number of nitrogens with two attached hydrogens (primary N) is 1. The molecule has 0 aromatic carbocycles. The van der Waals surface area contributed by atoms with E-state index in [1.165, 1.54) is 18.0 Å². The summed E-state index contributed by atoms with van der Waals surface area (Å²) in [5, 5.41) is 1.05. The number of aromatic nitrogens is 2. The van der Waals surface area contributed by atoms with Crippen molar-refractivity contribution in [3.05, 3.63) is 10.8 Å². The van der Waals surface area contributed by atoms with Crippen LogP contribution in [0.2, 0.25) is 0 Å². The second-order valence-electron chi connectivity index (χ2n) is 4.47. The molecule has 70 valence electrons. The van der Waals surface area contributed by atoms with Gasteiger partial charge in [0.1, 0.15) is 10.8 Å². The first kappa shape index (κ1) is 7.88. The summed E-state index contributed by atoms with van der Waals surface area (Å²) in [5.41, 5.74) is 6.20. The normalized spacial score (nSPS) is 42.0. The summed E-state index contributed by atoms with van der Waals surface area (Å²) in [6.07, 6.45) is 3.66. The van der Waals surface area contributed by atoms with E-state index in [0.717, 1.165) is 35.5 Å². The summed E-state index contributed by atoms with van der Waals surface area (Å²) in [6, 6.07) is 0. The van der Waals surface area contributed by atoms with E-state index in [9.17, 15) is 0 Å². The lowest BCUT2D eigenvalue weighted by Gasteiger charge is -2.21. The third-order valence-corrected chi connectivity index (χ3v) is 4.30. The van der Waals surface area contributed by atoms with Crippen molar-refractivity contribution >= 4 is 11.5 Å². The lowest BCUT2D eigenvalue weighted by Crippen LogP contribution is -2.34. The van der Waals surface area contributed by atoms with E-state index in [-0.39, 0.29) is 5.54 Å². The molecule has 3 rings (SSSR count). The van der Waals surface area contributed by atoms with Crippen molar-refractivity contribution in [3.63, 3.8) is 0 Å². The number of aryl methyl sites for hydroxylation is 1. The number of nitrogens with zero attached hydrogens (tertiary/aromatic N) is 2. The number of hydrogen-bond donors (Lipinski definition) is 1. The lowest BCUT2D eigenvalue weighted by atomic mass is 9.96. The quantitative estimate of drug-likeness (QED) is 0.737. The Morgan fingerprint density at radius 2 is 2.15 bits per heavy atom.